The van der Waals surface area contributed by atoms with Gasteiger partial charge in [0.2, 0.25) is 5.91 Å². The van der Waals surface area contributed by atoms with Crippen molar-refractivity contribution in [2.24, 2.45) is 5.92 Å². The van der Waals surface area contributed by atoms with Crippen LogP contribution in [0.4, 0.5) is 0 Å². The number of halogens is 2. The molecule has 7 heteroatoms. The summed E-state index contributed by atoms with van der Waals surface area (Å²) in [6.45, 7) is 9.79. The van der Waals surface area contributed by atoms with E-state index in [2.05, 4.69) is 34.3 Å². The van der Waals surface area contributed by atoms with Crippen molar-refractivity contribution in [2.45, 2.75) is 46.8 Å². The SMILES string of the molecule is CC(C)CN(Cc1cccn1Cc1ccccc1Cl)C(=O)CN(C(=O)c1ccc(Br)cc1)C(C)C. The number of benzene rings is 2. The summed E-state index contributed by atoms with van der Waals surface area (Å²) in [7, 11) is 0. The van der Waals surface area contributed by atoms with Gasteiger partial charge in [0, 0.05) is 46.1 Å². The zero-order valence-corrected chi connectivity index (χ0v) is 23.1. The molecule has 0 aliphatic carbocycles. The second kappa shape index (κ2) is 12.4. The van der Waals surface area contributed by atoms with Crippen LogP contribution < -0.4 is 0 Å². The molecule has 0 saturated heterocycles. The van der Waals surface area contributed by atoms with Gasteiger partial charge in [0.25, 0.3) is 5.91 Å². The molecule has 3 aromatic rings. The molecule has 0 fully saturated rings. The second-order valence-corrected chi connectivity index (χ2v) is 10.7. The summed E-state index contributed by atoms with van der Waals surface area (Å²) >= 11 is 9.78. The van der Waals surface area contributed by atoms with Crippen LogP contribution in [0.2, 0.25) is 5.02 Å². The van der Waals surface area contributed by atoms with E-state index in [1.807, 2.05) is 73.5 Å². The van der Waals surface area contributed by atoms with Crippen LogP contribution in [-0.4, -0.2) is 45.3 Å². The van der Waals surface area contributed by atoms with Gasteiger partial charge in [-0.3, -0.25) is 9.59 Å². The van der Waals surface area contributed by atoms with Crippen LogP contribution in [0.1, 0.15) is 49.3 Å². The highest BCUT2D eigenvalue weighted by Crippen LogP contribution is 2.19. The van der Waals surface area contributed by atoms with E-state index in [1.54, 1.807) is 17.0 Å². The lowest BCUT2D eigenvalue weighted by atomic mass is 10.1. The van der Waals surface area contributed by atoms with Crippen LogP contribution in [0.5, 0.6) is 0 Å². The van der Waals surface area contributed by atoms with Gasteiger partial charge >= 0.3 is 0 Å². The Kier molecular flexibility index (Phi) is 9.58. The summed E-state index contributed by atoms with van der Waals surface area (Å²) in [6.07, 6.45) is 2.01. The van der Waals surface area contributed by atoms with Gasteiger partial charge in [0.05, 0.1) is 6.54 Å². The highest BCUT2D eigenvalue weighted by molar-refractivity contribution is 9.10. The molecule has 1 aromatic heterocycles. The third-order valence-corrected chi connectivity index (χ3v) is 6.69. The standard InChI is InChI=1S/C28H33BrClN3O2/c1-20(2)16-32(18-25-9-7-15-31(25)17-23-8-5-6-10-26(23)30)27(34)19-33(21(3)4)28(35)22-11-13-24(29)14-12-22/h5-15,20-21H,16-19H2,1-4H3. The average Bonchev–Trinajstić information content (AvgIpc) is 3.24. The molecule has 0 aliphatic heterocycles. The van der Waals surface area contributed by atoms with Crippen molar-refractivity contribution in [1.82, 2.24) is 14.4 Å². The van der Waals surface area contributed by atoms with Crippen molar-refractivity contribution in [2.75, 3.05) is 13.1 Å². The van der Waals surface area contributed by atoms with E-state index in [0.29, 0.717) is 31.1 Å². The maximum atomic E-state index is 13.5. The molecule has 3 rings (SSSR count). The van der Waals surface area contributed by atoms with Crippen LogP contribution in [0.25, 0.3) is 0 Å². The van der Waals surface area contributed by atoms with Crippen LogP contribution in [-0.2, 0) is 17.9 Å². The topological polar surface area (TPSA) is 45.6 Å². The molecule has 35 heavy (non-hydrogen) atoms. The second-order valence-electron chi connectivity index (χ2n) is 9.42. The molecule has 1 heterocycles. The van der Waals surface area contributed by atoms with Crippen molar-refractivity contribution in [3.63, 3.8) is 0 Å². The summed E-state index contributed by atoms with van der Waals surface area (Å²) in [5.74, 6) is 0.0800. The Balaban J connectivity index is 1.78. The van der Waals surface area contributed by atoms with Gasteiger partial charge in [-0.2, -0.15) is 0 Å². The Morgan fingerprint density at radius 1 is 0.971 bits per heavy atom. The molecule has 186 valence electrons. The maximum absolute atomic E-state index is 13.5. The lowest BCUT2D eigenvalue weighted by molar-refractivity contribution is -0.133. The number of hydrogen-bond acceptors (Lipinski definition) is 2. The van der Waals surface area contributed by atoms with Crippen LogP contribution in [0.3, 0.4) is 0 Å². The van der Waals surface area contributed by atoms with Crippen molar-refractivity contribution >= 4 is 39.3 Å². The molecule has 0 unspecified atom stereocenters. The minimum atomic E-state index is -0.146. The van der Waals surface area contributed by atoms with Gasteiger partial charge in [-0.05, 0) is 67.8 Å². The van der Waals surface area contributed by atoms with Gasteiger partial charge < -0.3 is 14.4 Å². The highest BCUT2D eigenvalue weighted by Gasteiger charge is 2.25. The lowest BCUT2D eigenvalue weighted by Gasteiger charge is -2.31. The van der Waals surface area contributed by atoms with E-state index < -0.39 is 0 Å². The molecule has 0 bridgehead atoms. The lowest BCUT2D eigenvalue weighted by Crippen LogP contribution is -2.46. The first-order valence-corrected chi connectivity index (χ1v) is 13.0. The fraction of sp³-hybridized carbons (Fsp3) is 0.357. The van der Waals surface area contributed by atoms with E-state index in [4.69, 9.17) is 11.6 Å². The van der Waals surface area contributed by atoms with Crippen LogP contribution in [0, 0.1) is 5.92 Å². The van der Waals surface area contributed by atoms with Crippen molar-refractivity contribution in [3.05, 3.63) is 93.2 Å². The smallest absolute Gasteiger partial charge is 0.254 e. The first-order chi connectivity index (χ1) is 16.7. The summed E-state index contributed by atoms with van der Waals surface area (Å²) in [6, 6.07) is 18.9. The van der Waals surface area contributed by atoms with E-state index in [0.717, 1.165) is 20.8 Å². The Labute approximate surface area is 221 Å². The molecule has 0 saturated carbocycles. The fourth-order valence-corrected chi connectivity index (χ4v) is 4.40. The number of nitrogens with zero attached hydrogens (tertiary/aromatic N) is 3. The molecule has 2 aromatic carbocycles. The summed E-state index contributed by atoms with van der Waals surface area (Å²) < 4.78 is 3.03. The monoisotopic (exact) mass is 557 g/mol. The van der Waals surface area contributed by atoms with E-state index in [-0.39, 0.29) is 24.4 Å². The predicted octanol–water partition coefficient (Wildman–Crippen LogP) is 6.49. The summed E-state index contributed by atoms with van der Waals surface area (Å²) in [5.41, 5.74) is 2.62. The van der Waals surface area contributed by atoms with Crippen molar-refractivity contribution in [3.8, 4) is 0 Å². The van der Waals surface area contributed by atoms with Crippen molar-refractivity contribution in [1.29, 1.82) is 0 Å². The van der Waals surface area contributed by atoms with Crippen LogP contribution >= 0.6 is 27.5 Å². The zero-order chi connectivity index (χ0) is 25.5. The molecule has 0 N–H and O–H groups in total. The van der Waals surface area contributed by atoms with Gasteiger partial charge in [0.1, 0.15) is 6.54 Å². The summed E-state index contributed by atoms with van der Waals surface area (Å²) in [4.78, 5) is 30.2. The first kappa shape index (κ1) is 27.0. The third-order valence-electron chi connectivity index (χ3n) is 5.79. The van der Waals surface area contributed by atoms with Gasteiger partial charge in [-0.1, -0.05) is 59.6 Å². The zero-order valence-electron chi connectivity index (χ0n) is 20.7. The highest BCUT2D eigenvalue weighted by atomic mass is 79.9. The number of amides is 2. The molecule has 0 aliphatic rings. The largest absolute Gasteiger partial charge is 0.345 e. The van der Waals surface area contributed by atoms with E-state index in [1.165, 1.54) is 0 Å². The Hall–Kier alpha value is -2.57. The van der Waals surface area contributed by atoms with Gasteiger partial charge in [0.15, 0.2) is 0 Å². The fourth-order valence-electron chi connectivity index (χ4n) is 3.94. The number of carbonyl (C=O) groups is 2. The predicted molar refractivity (Wildman–Crippen MR) is 146 cm³/mol. The number of carbonyl (C=O) groups excluding carboxylic acids is 2. The Bertz CT molecular complexity index is 1140. The molecular formula is C28H33BrClN3O2. The first-order valence-electron chi connectivity index (χ1n) is 11.9. The van der Waals surface area contributed by atoms with Gasteiger partial charge in [-0.15, -0.1) is 0 Å². The van der Waals surface area contributed by atoms with E-state index >= 15 is 0 Å². The van der Waals surface area contributed by atoms with Crippen molar-refractivity contribution < 1.29 is 9.59 Å². The van der Waals surface area contributed by atoms with Crippen LogP contribution in [0.15, 0.2) is 71.3 Å². The molecule has 0 spiro atoms. The molecule has 0 radical (unpaired) electrons. The molecular weight excluding hydrogens is 526 g/mol. The number of aromatic nitrogens is 1. The number of hydrogen-bond donors (Lipinski definition) is 0. The maximum Gasteiger partial charge on any atom is 0.254 e. The minimum absolute atomic E-state index is 0.0322. The molecule has 0 atom stereocenters. The minimum Gasteiger partial charge on any atom is -0.345 e. The molecule has 2 amide bonds. The Morgan fingerprint density at radius 2 is 1.66 bits per heavy atom. The quantitative estimate of drug-likeness (QED) is 0.286. The normalized spacial score (nSPS) is 11.2. The average molecular weight is 559 g/mol. The van der Waals surface area contributed by atoms with E-state index in [9.17, 15) is 9.59 Å². The summed E-state index contributed by atoms with van der Waals surface area (Å²) in [5, 5.41) is 0.723. The molecule has 5 nitrogen and oxygen atoms in total. The van der Waals surface area contributed by atoms with Gasteiger partial charge in [-0.25, -0.2) is 0 Å². The third kappa shape index (κ3) is 7.45. The Morgan fingerprint density at radius 3 is 2.29 bits per heavy atom. The number of rotatable bonds is 10.